The van der Waals surface area contributed by atoms with Gasteiger partial charge in [0.15, 0.2) is 0 Å². The monoisotopic (exact) mass is 150 g/mol. The van der Waals surface area contributed by atoms with Gasteiger partial charge in [-0.15, -0.1) is 0 Å². The Bertz CT molecular complexity index is 241. The number of rotatable bonds is 2. The Morgan fingerprint density at radius 2 is 2.09 bits per heavy atom. The predicted molar refractivity (Wildman–Crippen MR) is 46.8 cm³/mol. The van der Waals surface area contributed by atoms with E-state index in [1.54, 1.807) is 6.07 Å². The summed E-state index contributed by atoms with van der Waals surface area (Å²) in [4.78, 5) is 0. The lowest BCUT2D eigenvalue weighted by molar-refractivity contribution is 0.471. The van der Waals surface area contributed by atoms with Crippen molar-refractivity contribution >= 4 is 0 Å². The van der Waals surface area contributed by atoms with Gasteiger partial charge in [0.05, 0.1) is 0 Å². The highest BCUT2D eigenvalue weighted by molar-refractivity contribution is 5.34. The van der Waals surface area contributed by atoms with E-state index in [2.05, 4.69) is 6.92 Å². The van der Waals surface area contributed by atoms with Crippen LogP contribution in [0.4, 0.5) is 0 Å². The molecular weight excluding hydrogens is 136 g/mol. The molecule has 0 atom stereocenters. The first-order chi connectivity index (χ1) is 5.24. The zero-order chi connectivity index (χ0) is 8.27. The van der Waals surface area contributed by atoms with Crippen molar-refractivity contribution in [1.29, 1.82) is 0 Å². The van der Waals surface area contributed by atoms with Gasteiger partial charge in [0.25, 0.3) is 0 Å². The van der Waals surface area contributed by atoms with Crippen LogP contribution in [0.25, 0.3) is 0 Å². The van der Waals surface area contributed by atoms with Crippen molar-refractivity contribution in [3.05, 3.63) is 29.3 Å². The van der Waals surface area contributed by atoms with E-state index in [0.29, 0.717) is 5.75 Å². The van der Waals surface area contributed by atoms with Crippen LogP contribution in [0.5, 0.6) is 5.75 Å². The van der Waals surface area contributed by atoms with E-state index in [9.17, 15) is 5.11 Å². The van der Waals surface area contributed by atoms with Crippen molar-refractivity contribution in [1.82, 2.24) is 0 Å². The van der Waals surface area contributed by atoms with Gasteiger partial charge in [0.2, 0.25) is 0 Å². The topological polar surface area (TPSA) is 20.2 Å². The number of phenolic OH excluding ortho intramolecular Hbond substituents is 1. The van der Waals surface area contributed by atoms with Crippen molar-refractivity contribution < 1.29 is 5.11 Å². The smallest absolute Gasteiger partial charge is 0.118 e. The summed E-state index contributed by atoms with van der Waals surface area (Å²) in [5, 5.41) is 9.21. The second-order valence-electron chi connectivity index (χ2n) is 2.87. The fourth-order valence-corrected chi connectivity index (χ4v) is 1.16. The van der Waals surface area contributed by atoms with Crippen LogP contribution in [-0.2, 0) is 6.42 Å². The molecule has 0 heterocycles. The second kappa shape index (κ2) is 3.42. The summed E-state index contributed by atoms with van der Waals surface area (Å²) >= 11 is 0. The fraction of sp³-hybridized carbons (Fsp3) is 0.400. The highest BCUT2D eigenvalue weighted by atomic mass is 16.3. The number of benzene rings is 1. The Kier molecular flexibility index (Phi) is 2.53. The van der Waals surface area contributed by atoms with Gasteiger partial charge in [-0.05, 0) is 30.5 Å². The molecule has 0 unspecified atom stereocenters. The zero-order valence-corrected chi connectivity index (χ0v) is 7.09. The molecule has 0 saturated carbocycles. The van der Waals surface area contributed by atoms with Crippen molar-refractivity contribution in [2.75, 3.05) is 0 Å². The standard InChI is InChI=1S/C10H14O/c1-3-4-9-5-6-10(11)8(2)7-9/h5-7,11H,3-4H2,1-2H3. The molecule has 1 N–H and O–H groups in total. The maximum Gasteiger partial charge on any atom is 0.118 e. The molecule has 1 heteroatoms. The maximum atomic E-state index is 9.21. The minimum absolute atomic E-state index is 0.393. The normalized spacial score (nSPS) is 10.0. The number of hydrogen-bond donors (Lipinski definition) is 1. The number of aryl methyl sites for hydroxylation is 2. The van der Waals surface area contributed by atoms with E-state index >= 15 is 0 Å². The minimum Gasteiger partial charge on any atom is -0.508 e. The molecule has 60 valence electrons. The fourth-order valence-electron chi connectivity index (χ4n) is 1.16. The Labute approximate surface area is 67.7 Å². The van der Waals surface area contributed by atoms with Gasteiger partial charge in [-0.3, -0.25) is 0 Å². The van der Waals surface area contributed by atoms with Gasteiger partial charge < -0.3 is 5.11 Å². The van der Waals surface area contributed by atoms with Crippen LogP contribution in [0, 0.1) is 6.92 Å². The van der Waals surface area contributed by atoms with Gasteiger partial charge in [-0.1, -0.05) is 25.5 Å². The molecule has 1 aromatic carbocycles. The molecule has 11 heavy (non-hydrogen) atoms. The first-order valence-corrected chi connectivity index (χ1v) is 4.02. The molecule has 0 aliphatic carbocycles. The maximum absolute atomic E-state index is 9.21. The van der Waals surface area contributed by atoms with Gasteiger partial charge in [0, 0.05) is 0 Å². The molecule has 0 aliphatic rings. The molecule has 0 amide bonds. The van der Waals surface area contributed by atoms with E-state index in [1.165, 1.54) is 5.56 Å². The van der Waals surface area contributed by atoms with Crippen LogP contribution >= 0.6 is 0 Å². The molecular formula is C10H14O. The van der Waals surface area contributed by atoms with Crippen LogP contribution in [0.1, 0.15) is 24.5 Å². The molecule has 1 rings (SSSR count). The molecule has 0 bridgehead atoms. The number of aromatic hydroxyl groups is 1. The van der Waals surface area contributed by atoms with Crippen LogP contribution in [-0.4, -0.2) is 5.11 Å². The highest BCUT2D eigenvalue weighted by Crippen LogP contribution is 2.17. The minimum atomic E-state index is 0.393. The summed E-state index contributed by atoms with van der Waals surface area (Å²) in [6, 6.07) is 5.78. The van der Waals surface area contributed by atoms with E-state index in [4.69, 9.17) is 0 Å². The number of phenols is 1. The van der Waals surface area contributed by atoms with Gasteiger partial charge >= 0.3 is 0 Å². The van der Waals surface area contributed by atoms with Crippen molar-refractivity contribution in [3.63, 3.8) is 0 Å². The summed E-state index contributed by atoms with van der Waals surface area (Å²) in [5.74, 6) is 0.393. The average molecular weight is 150 g/mol. The third kappa shape index (κ3) is 1.97. The Morgan fingerprint density at radius 3 is 2.64 bits per heavy atom. The molecule has 0 saturated heterocycles. The lowest BCUT2D eigenvalue weighted by Crippen LogP contribution is -1.83. The third-order valence-electron chi connectivity index (χ3n) is 1.80. The molecule has 0 radical (unpaired) electrons. The highest BCUT2D eigenvalue weighted by Gasteiger charge is 1.95. The summed E-state index contributed by atoms with van der Waals surface area (Å²) in [5.41, 5.74) is 2.28. The van der Waals surface area contributed by atoms with Gasteiger partial charge in [-0.25, -0.2) is 0 Å². The number of hydrogen-bond acceptors (Lipinski definition) is 1. The van der Waals surface area contributed by atoms with Gasteiger partial charge in [-0.2, -0.15) is 0 Å². The summed E-state index contributed by atoms with van der Waals surface area (Å²) in [6.45, 7) is 4.08. The lowest BCUT2D eigenvalue weighted by atomic mass is 10.1. The largest absolute Gasteiger partial charge is 0.508 e. The first kappa shape index (κ1) is 8.12. The summed E-state index contributed by atoms with van der Waals surface area (Å²) in [7, 11) is 0. The molecule has 0 spiro atoms. The average Bonchev–Trinajstić information content (AvgIpc) is 1.98. The quantitative estimate of drug-likeness (QED) is 0.687. The van der Waals surface area contributed by atoms with E-state index in [-0.39, 0.29) is 0 Å². The Hall–Kier alpha value is -0.980. The van der Waals surface area contributed by atoms with Crippen LogP contribution < -0.4 is 0 Å². The van der Waals surface area contributed by atoms with E-state index in [1.807, 2.05) is 19.1 Å². The third-order valence-corrected chi connectivity index (χ3v) is 1.80. The molecule has 1 aromatic rings. The van der Waals surface area contributed by atoms with Crippen LogP contribution in [0.15, 0.2) is 18.2 Å². The zero-order valence-electron chi connectivity index (χ0n) is 7.09. The van der Waals surface area contributed by atoms with Crippen LogP contribution in [0.2, 0.25) is 0 Å². The Morgan fingerprint density at radius 1 is 1.36 bits per heavy atom. The van der Waals surface area contributed by atoms with Crippen molar-refractivity contribution in [2.24, 2.45) is 0 Å². The molecule has 0 fully saturated rings. The molecule has 1 nitrogen and oxygen atoms in total. The first-order valence-electron chi connectivity index (χ1n) is 4.02. The Balaban J connectivity index is 2.86. The molecule has 0 aliphatic heterocycles. The van der Waals surface area contributed by atoms with Crippen LogP contribution in [0.3, 0.4) is 0 Å². The van der Waals surface area contributed by atoms with Crippen molar-refractivity contribution in [3.8, 4) is 5.75 Å². The lowest BCUT2D eigenvalue weighted by Gasteiger charge is -2.01. The summed E-state index contributed by atoms with van der Waals surface area (Å²) < 4.78 is 0. The SMILES string of the molecule is CCCc1ccc(O)c(C)c1. The molecule has 0 aromatic heterocycles. The summed E-state index contributed by atoms with van der Waals surface area (Å²) in [6.07, 6.45) is 2.26. The van der Waals surface area contributed by atoms with Gasteiger partial charge in [0.1, 0.15) is 5.75 Å². The second-order valence-corrected chi connectivity index (χ2v) is 2.87. The van der Waals surface area contributed by atoms with E-state index in [0.717, 1.165) is 18.4 Å². The predicted octanol–water partition coefficient (Wildman–Crippen LogP) is 2.65. The van der Waals surface area contributed by atoms with Crippen molar-refractivity contribution in [2.45, 2.75) is 26.7 Å². The van der Waals surface area contributed by atoms with E-state index < -0.39 is 0 Å².